The van der Waals surface area contributed by atoms with Crippen molar-refractivity contribution >= 4 is 21.8 Å². The molecule has 0 unspecified atom stereocenters. The van der Waals surface area contributed by atoms with Gasteiger partial charge < -0.3 is 28.5 Å². The number of hydrogen-bond donors (Lipinski definition) is 1. The molecule has 0 atom stereocenters. The fourth-order valence-corrected chi connectivity index (χ4v) is 5.85. The smallest absolute Gasteiger partial charge is 0.119 e. The van der Waals surface area contributed by atoms with Crippen LogP contribution in [0.4, 0.5) is 0 Å². The van der Waals surface area contributed by atoms with E-state index >= 15 is 0 Å². The van der Waals surface area contributed by atoms with Crippen molar-refractivity contribution in [3.63, 3.8) is 0 Å². The maximum absolute atomic E-state index is 9.45. The van der Waals surface area contributed by atoms with Gasteiger partial charge in [-0.05, 0) is 78.4 Å². The van der Waals surface area contributed by atoms with Crippen molar-refractivity contribution in [2.75, 3.05) is 27.4 Å². The van der Waals surface area contributed by atoms with E-state index in [-0.39, 0.29) is 5.75 Å². The monoisotopic (exact) mass is 624 g/mol. The van der Waals surface area contributed by atoms with Gasteiger partial charge in [-0.1, -0.05) is 66.7 Å². The van der Waals surface area contributed by atoms with Crippen LogP contribution >= 0.6 is 0 Å². The summed E-state index contributed by atoms with van der Waals surface area (Å²) < 4.78 is 20.9. The zero-order valence-electron chi connectivity index (χ0n) is 26.9. The van der Waals surface area contributed by atoms with Crippen molar-refractivity contribution in [1.82, 2.24) is 9.13 Å². The maximum atomic E-state index is 9.45. The summed E-state index contributed by atoms with van der Waals surface area (Å²) in [5.74, 6) is 1.15. The number of fused-ring (bicyclic) bond motifs is 2. The first kappa shape index (κ1) is 31.7. The average molecular weight is 625 g/mol. The molecule has 1 N–H and O–H groups in total. The zero-order chi connectivity index (χ0) is 32.4. The molecule has 0 aliphatic carbocycles. The second kappa shape index (κ2) is 15.3. The molecule has 6 heteroatoms. The summed E-state index contributed by atoms with van der Waals surface area (Å²) in [7, 11) is 3.46. The predicted octanol–water partition coefficient (Wildman–Crippen LogP) is 8.92. The van der Waals surface area contributed by atoms with E-state index in [1.54, 1.807) is 26.4 Å². The van der Waals surface area contributed by atoms with E-state index in [1.807, 2.05) is 54.6 Å². The summed E-state index contributed by atoms with van der Waals surface area (Å²) >= 11 is 0. The first-order valence-electron chi connectivity index (χ1n) is 15.9. The van der Waals surface area contributed by atoms with Crippen LogP contribution in [0.1, 0.15) is 17.0 Å². The SMILES string of the molecule is COCCc1cc2ccccc2n1-c1ccc(O)cc1.COCCc1cc2ccccc2n1-c1ccc(OCc2ccccc2)cc1. The van der Waals surface area contributed by atoms with Gasteiger partial charge in [0, 0.05) is 60.6 Å². The molecule has 2 heterocycles. The highest BCUT2D eigenvalue weighted by Crippen LogP contribution is 2.27. The Labute approximate surface area is 276 Å². The van der Waals surface area contributed by atoms with Crippen molar-refractivity contribution in [2.24, 2.45) is 0 Å². The van der Waals surface area contributed by atoms with Gasteiger partial charge in [0.25, 0.3) is 0 Å². The number of aromatic nitrogens is 2. The number of phenolic OH excluding ortho intramolecular Hbond substituents is 1. The van der Waals surface area contributed by atoms with Gasteiger partial charge in [0.1, 0.15) is 18.1 Å². The Hall–Kier alpha value is -5.30. The quantitative estimate of drug-likeness (QED) is 0.156. The lowest BCUT2D eigenvalue weighted by Crippen LogP contribution is -2.03. The molecule has 0 fully saturated rings. The molecule has 0 saturated heterocycles. The number of para-hydroxylation sites is 2. The minimum absolute atomic E-state index is 0.281. The van der Waals surface area contributed by atoms with Crippen molar-refractivity contribution in [1.29, 1.82) is 0 Å². The molecular formula is C41H40N2O4. The number of methoxy groups -OCH3 is 2. The Morgan fingerprint density at radius 3 is 1.51 bits per heavy atom. The number of hydrogen-bond acceptors (Lipinski definition) is 4. The Bertz CT molecular complexity index is 2010. The summed E-state index contributed by atoms with van der Waals surface area (Å²) in [6.45, 7) is 1.97. The molecule has 0 amide bonds. The van der Waals surface area contributed by atoms with Crippen molar-refractivity contribution in [3.05, 3.63) is 156 Å². The van der Waals surface area contributed by atoms with Crippen molar-refractivity contribution in [3.8, 4) is 22.9 Å². The Balaban J connectivity index is 0.000000172. The summed E-state index contributed by atoms with van der Waals surface area (Å²) in [5.41, 5.74) is 8.19. The molecule has 2 aromatic heterocycles. The van der Waals surface area contributed by atoms with Crippen LogP contribution < -0.4 is 4.74 Å². The maximum Gasteiger partial charge on any atom is 0.119 e. The van der Waals surface area contributed by atoms with E-state index in [1.165, 1.54) is 38.8 Å². The highest BCUT2D eigenvalue weighted by molar-refractivity contribution is 5.84. The molecule has 7 aromatic rings. The molecule has 0 radical (unpaired) electrons. The Kier molecular flexibility index (Phi) is 10.3. The van der Waals surface area contributed by atoms with Crippen LogP contribution in [-0.4, -0.2) is 41.7 Å². The number of benzene rings is 5. The molecule has 5 aromatic carbocycles. The lowest BCUT2D eigenvalue weighted by molar-refractivity contribution is 0.201. The van der Waals surface area contributed by atoms with E-state index in [2.05, 4.69) is 81.9 Å². The van der Waals surface area contributed by atoms with Crippen molar-refractivity contribution in [2.45, 2.75) is 19.4 Å². The minimum atomic E-state index is 0.281. The van der Waals surface area contributed by atoms with E-state index in [0.717, 1.165) is 30.0 Å². The molecule has 7 rings (SSSR count). The molecule has 0 bridgehead atoms. The van der Waals surface area contributed by atoms with E-state index in [4.69, 9.17) is 14.2 Å². The number of nitrogens with zero attached hydrogens (tertiary/aromatic N) is 2. The summed E-state index contributed by atoms with van der Waals surface area (Å²) in [6.07, 6.45) is 1.73. The highest BCUT2D eigenvalue weighted by Gasteiger charge is 2.12. The third-order valence-electron chi connectivity index (χ3n) is 8.15. The summed E-state index contributed by atoms with van der Waals surface area (Å²) in [5, 5.41) is 11.9. The standard InChI is InChI=1S/C24H23NO2.C17H17NO2/c1-26-16-15-22-17-20-9-5-6-10-24(20)25(22)21-11-13-23(14-12-21)27-18-19-7-3-2-4-8-19;1-20-11-10-15-12-13-4-2-3-5-17(13)18(15)14-6-8-16(19)9-7-14/h2-14,17H,15-16,18H2,1H3;2-9,12,19H,10-11H2,1H3. The largest absolute Gasteiger partial charge is 0.508 e. The van der Waals surface area contributed by atoms with E-state index in [9.17, 15) is 5.11 Å². The van der Waals surface area contributed by atoms with Gasteiger partial charge in [-0.2, -0.15) is 0 Å². The molecule has 0 saturated carbocycles. The molecule has 0 aliphatic rings. The number of phenols is 1. The summed E-state index contributed by atoms with van der Waals surface area (Å²) in [4.78, 5) is 0. The normalized spacial score (nSPS) is 11.0. The first-order chi connectivity index (χ1) is 23.1. The van der Waals surface area contributed by atoms with Gasteiger partial charge >= 0.3 is 0 Å². The number of ether oxygens (including phenoxy) is 3. The lowest BCUT2D eigenvalue weighted by atomic mass is 10.2. The van der Waals surface area contributed by atoms with Crippen LogP contribution in [0.3, 0.4) is 0 Å². The van der Waals surface area contributed by atoms with Crippen LogP contribution in [0.2, 0.25) is 0 Å². The third-order valence-corrected chi connectivity index (χ3v) is 8.15. The first-order valence-corrected chi connectivity index (χ1v) is 15.9. The lowest BCUT2D eigenvalue weighted by Gasteiger charge is -2.12. The molecule has 0 spiro atoms. The Morgan fingerprint density at radius 2 is 1.00 bits per heavy atom. The second-order valence-electron chi connectivity index (χ2n) is 11.3. The van der Waals surface area contributed by atoms with Gasteiger partial charge in [-0.3, -0.25) is 0 Å². The fraction of sp³-hybridized carbons (Fsp3) is 0.171. The Morgan fingerprint density at radius 1 is 0.532 bits per heavy atom. The van der Waals surface area contributed by atoms with E-state index in [0.29, 0.717) is 19.8 Å². The van der Waals surface area contributed by atoms with Crippen LogP contribution in [0, 0.1) is 0 Å². The van der Waals surface area contributed by atoms with Crippen LogP contribution in [0.5, 0.6) is 11.5 Å². The zero-order valence-corrected chi connectivity index (χ0v) is 26.9. The fourth-order valence-electron chi connectivity index (χ4n) is 5.85. The second-order valence-corrected chi connectivity index (χ2v) is 11.3. The molecule has 6 nitrogen and oxygen atoms in total. The van der Waals surface area contributed by atoms with Gasteiger partial charge in [0.05, 0.1) is 24.2 Å². The molecule has 47 heavy (non-hydrogen) atoms. The van der Waals surface area contributed by atoms with Gasteiger partial charge in [-0.15, -0.1) is 0 Å². The van der Waals surface area contributed by atoms with Gasteiger partial charge in [0.2, 0.25) is 0 Å². The number of aromatic hydroxyl groups is 1. The molecule has 0 aliphatic heterocycles. The van der Waals surface area contributed by atoms with E-state index < -0.39 is 0 Å². The van der Waals surface area contributed by atoms with Crippen molar-refractivity contribution < 1.29 is 19.3 Å². The topological polar surface area (TPSA) is 57.8 Å². The predicted molar refractivity (Wildman–Crippen MR) is 190 cm³/mol. The molecule has 238 valence electrons. The highest BCUT2D eigenvalue weighted by atomic mass is 16.5. The van der Waals surface area contributed by atoms with Crippen LogP contribution in [0.25, 0.3) is 33.2 Å². The van der Waals surface area contributed by atoms with Crippen LogP contribution in [-0.2, 0) is 28.9 Å². The summed E-state index contributed by atoms with van der Waals surface area (Å²) in [6, 6.07) is 47.0. The number of rotatable bonds is 11. The van der Waals surface area contributed by atoms with Gasteiger partial charge in [-0.25, -0.2) is 0 Å². The third kappa shape index (κ3) is 7.58. The van der Waals surface area contributed by atoms with Crippen LogP contribution in [0.15, 0.2) is 140 Å². The average Bonchev–Trinajstić information content (AvgIpc) is 3.68. The molecular weight excluding hydrogens is 584 g/mol. The minimum Gasteiger partial charge on any atom is -0.508 e. The van der Waals surface area contributed by atoms with Gasteiger partial charge in [0.15, 0.2) is 0 Å².